The molecule has 148 valence electrons. The van der Waals surface area contributed by atoms with Crippen LogP contribution in [-0.4, -0.2) is 50.3 Å². The Morgan fingerprint density at radius 3 is 2.39 bits per heavy atom. The Bertz CT molecular complexity index is 1030. The Kier molecular flexibility index (Phi) is 6.39. The van der Waals surface area contributed by atoms with Gasteiger partial charge < -0.3 is 9.64 Å². The van der Waals surface area contributed by atoms with Gasteiger partial charge in [-0.3, -0.25) is 0 Å². The van der Waals surface area contributed by atoms with Crippen molar-refractivity contribution in [2.75, 3.05) is 27.2 Å². The van der Waals surface area contributed by atoms with Gasteiger partial charge >= 0.3 is 0 Å². The Morgan fingerprint density at radius 2 is 1.71 bits per heavy atom. The molecule has 0 saturated heterocycles. The van der Waals surface area contributed by atoms with E-state index in [1.807, 2.05) is 49.3 Å². The van der Waals surface area contributed by atoms with Gasteiger partial charge in [-0.25, -0.2) is 13.1 Å². The van der Waals surface area contributed by atoms with Gasteiger partial charge in [-0.1, -0.05) is 41.9 Å². The zero-order valence-electron chi connectivity index (χ0n) is 15.7. The van der Waals surface area contributed by atoms with E-state index in [2.05, 4.69) is 5.10 Å². The smallest absolute Gasteiger partial charge is 0.252 e. The first kappa shape index (κ1) is 20.4. The molecule has 0 fully saturated rings. The monoisotopic (exact) mass is 419 g/mol. The molecule has 0 unspecified atom stereocenters. The molecule has 0 atom stereocenters. The topological polar surface area (TPSA) is 64.4 Å². The van der Waals surface area contributed by atoms with E-state index in [0.717, 1.165) is 18.7 Å². The van der Waals surface area contributed by atoms with E-state index < -0.39 is 9.84 Å². The molecule has 1 aromatic heterocycles. The lowest BCUT2D eigenvalue weighted by molar-refractivity contribution is 0.266. The van der Waals surface area contributed by atoms with E-state index in [4.69, 9.17) is 16.3 Å². The van der Waals surface area contributed by atoms with Gasteiger partial charge in [0.15, 0.2) is 4.90 Å². The summed E-state index contributed by atoms with van der Waals surface area (Å²) in [5.41, 5.74) is 0.737. The molecular formula is C20H22ClN3O3S. The summed E-state index contributed by atoms with van der Waals surface area (Å²) in [7, 11) is 0.0477. The van der Waals surface area contributed by atoms with Crippen molar-refractivity contribution < 1.29 is 13.2 Å². The Morgan fingerprint density at radius 1 is 1.04 bits per heavy atom. The predicted molar refractivity (Wildman–Crippen MR) is 109 cm³/mol. The van der Waals surface area contributed by atoms with E-state index in [1.54, 1.807) is 18.2 Å². The maximum atomic E-state index is 13.2. The van der Waals surface area contributed by atoms with Crippen LogP contribution in [0.25, 0.3) is 5.69 Å². The van der Waals surface area contributed by atoms with Crippen molar-refractivity contribution in [3.63, 3.8) is 0 Å². The standard InChI is InChI=1S/C20H22ClN3O3S/c1-23(2)13-8-14-27-20-19(15-24(22-20)16-9-4-3-5-10-16)28(25,26)18-12-7-6-11-17(18)21/h3-7,9-12,15H,8,13-14H2,1-2H3. The molecule has 0 aliphatic rings. The number of rotatable bonds is 8. The number of halogens is 1. The van der Waals surface area contributed by atoms with Crippen molar-refractivity contribution in [2.45, 2.75) is 16.2 Å². The molecule has 0 saturated carbocycles. The Labute approximate surface area is 170 Å². The highest BCUT2D eigenvalue weighted by molar-refractivity contribution is 7.91. The van der Waals surface area contributed by atoms with Crippen LogP contribution < -0.4 is 4.74 Å². The maximum absolute atomic E-state index is 13.2. The molecule has 3 aromatic rings. The van der Waals surface area contributed by atoms with Crippen LogP contribution in [0.15, 0.2) is 70.6 Å². The normalized spacial score (nSPS) is 11.7. The highest BCUT2D eigenvalue weighted by Gasteiger charge is 2.28. The molecule has 0 amide bonds. The molecule has 3 rings (SSSR count). The summed E-state index contributed by atoms with van der Waals surface area (Å²) in [5.74, 6) is 0.0718. The molecule has 0 aliphatic carbocycles. The van der Waals surface area contributed by atoms with Gasteiger partial charge in [0.1, 0.15) is 0 Å². The van der Waals surface area contributed by atoms with Gasteiger partial charge in [-0.05, 0) is 44.8 Å². The summed E-state index contributed by atoms with van der Waals surface area (Å²) in [6, 6.07) is 15.6. The number of para-hydroxylation sites is 1. The zero-order chi connectivity index (χ0) is 20.1. The van der Waals surface area contributed by atoms with Crippen LogP contribution >= 0.6 is 11.6 Å². The molecule has 28 heavy (non-hydrogen) atoms. The molecule has 1 heterocycles. The summed E-state index contributed by atoms with van der Waals surface area (Å²) in [6.45, 7) is 1.18. The quantitative estimate of drug-likeness (QED) is 0.521. The van der Waals surface area contributed by atoms with Gasteiger partial charge in [-0.2, -0.15) is 0 Å². The van der Waals surface area contributed by atoms with Crippen LogP contribution in [0.5, 0.6) is 5.88 Å². The van der Waals surface area contributed by atoms with Gasteiger partial charge in [0.25, 0.3) is 5.88 Å². The first-order valence-corrected chi connectivity index (χ1v) is 10.7. The number of ether oxygens (including phenoxy) is 1. The molecule has 0 aliphatic heterocycles. The van der Waals surface area contributed by atoms with E-state index in [1.165, 1.54) is 16.9 Å². The number of hydrogen-bond acceptors (Lipinski definition) is 5. The van der Waals surface area contributed by atoms with Gasteiger partial charge in [-0.15, -0.1) is 5.10 Å². The molecule has 0 radical (unpaired) electrons. The second-order valence-electron chi connectivity index (χ2n) is 6.52. The van der Waals surface area contributed by atoms with Crippen molar-refractivity contribution in [1.82, 2.24) is 14.7 Å². The zero-order valence-corrected chi connectivity index (χ0v) is 17.3. The maximum Gasteiger partial charge on any atom is 0.252 e. The molecule has 0 N–H and O–H groups in total. The number of benzene rings is 2. The SMILES string of the molecule is CN(C)CCCOc1nn(-c2ccccc2)cc1S(=O)(=O)c1ccccc1Cl. The third-order valence-electron chi connectivity index (χ3n) is 4.07. The molecule has 0 spiro atoms. The lowest BCUT2D eigenvalue weighted by Gasteiger charge is -2.10. The van der Waals surface area contributed by atoms with Gasteiger partial charge in [0.2, 0.25) is 9.84 Å². The predicted octanol–water partition coefficient (Wildman–Crippen LogP) is 3.69. The van der Waals surface area contributed by atoms with Crippen LogP contribution in [0.1, 0.15) is 6.42 Å². The summed E-state index contributed by atoms with van der Waals surface area (Å²) in [6.07, 6.45) is 2.21. The third kappa shape index (κ3) is 4.55. The van der Waals surface area contributed by atoms with E-state index in [0.29, 0.717) is 6.61 Å². The number of sulfone groups is 1. The second kappa shape index (κ2) is 8.77. The van der Waals surface area contributed by atoms with Gasteiger partial charge in [0.05, 0.1) is 28.4 Å². The average molecular weight is 420 g/mol. The fourth-order valence-electron chi connectivity index (χ4n) is 2.67. The van der Waals surface area contributed by atoms with Crippen molar-refractivity contribution in [3.8, 4) is 11.6 Å². The fraction of sp³-hybridized carbons (Fsp3) is 0.250. The molecule has 6 nitrogen and oxygen atoms in total. The van der Waals surface area contributed by atoms with Gasteiger partial charge in [0, 0.05) is 6.54 Å². The highest BCUT2D eigenvalue weighted by Crippen LogP contribution is 2.33. The van der Waals surface area contributed by atoms with Crippen LogP contribution in [0.2, 0.25) is 5.02 Å². The Balaban J connectivity index is 2.00. The summed E-state index contributed by atoms with van der Waals surface area (Å²) in [4.78, 5) is 2.06. The molecule has 8 heteroatoms. The highest BCUT2D eigenvalue weighted by atomic mass is 35.5. The first-order valence-electron chi connectivity index (χ1n) is 8.82. The summed E-state index contributed by atoms with van der Waals surface area (Å²) in [5, 5.41) is 4.54. The number of nitrogens with zero attached hydrogens (tertiary/aromatic N) is 3. The fourth-order valence-corrected chi connectivity index (χ4v) is 4.50. The van der Waals surface area contributed by atoms with Crippen LogP contribution in [0, 0.1) is 0 Å². The summed E-state index contributed by atoms with van der Waals surface area (Å²) < 4.78 is 33.7. The Hall–Kier alpha value is -2.35. The van der Waals surface area contributed by atoms with Crippen molar-refractivity contribution in [2.24, 2.45) is 0 Å². The summed E-state index contributed by atoms with van der Waals surface area (Å²) >= 11 is 6.14. The first-order chi connectivity index (χ1) is 13.4. The molecule has 0 bridgehead atoms. The van der Waals surface area contributed by atoms with E-state index >= 15 is 0 Å². The molecular weight excluding hydrogens is 398 g/mol. The minimum atomic E-state index is -3.89. The van der Waals surface area contributed by atoms with Crippen molar-refractivity contribution in [1.29, 1.82) is 0 Å². The van der Waals surface area contributed by atoms with Crippen LogP contribution in [0.3, 0.4) is 0 Å². The number of hydrogen-bond donors (Lipinski definition) is 0. The minimum Gasteiger partial charge on any atom is -0.476 e. The van der Waals surface area contributed by atoms with E-state index in [9.17, 15) is 8.42 Å². The third-order valence-corrected chi connectivity index (χ3v) is 6.31. The average Bonchev–Trinajstić information content (AvgIpc) is 3.11. The van der Waals surface area contributed by atoms with Crippen LogP contribution in [0.4, 0.5) is 0 Å². The van der Waals surface area contributed by atoms with E-state index in [-0.39, 0.29) is 20.7 Å². The largest absolute Gasteiger partial charge is 0.476 e. The van der Waals surface area contributed by atoms with Crippen LogP contribution in [-0.2, 0) is 9.84 Å². The lowest BCUT2D eigenvalue weighted by Crippen LogP contribution is -2.16. The van der Waals surface area contributed by atoms with Crippen molar-refractivity contribution in [3.05, 3.63) is 65.8 Å². The minimum absolute atomic E-state index is 0.00527. The van der Waals surface area contributed by atoms with Crippen molar-refractivity contribution >= 4 is 21.4 Å². The molecule has 2 aromatic carbocycles. The number of aromatic nitrogens is 2. The second-order valence-corrected chi connectivity index (χ2v) is 8.81. The lowest BCUT2D eigenvalue weighted by atomic mass is 10.3.